The number of nitrogens with zero attached hydrogens (tertiary/aromatic N) is 3. The maximum Gasteiger partial charge on any atom is 0.303 e. The zero-order chi connectivity index (χ0) is 30.3. The van der Waals surface area contributed by atoms with Gasteiger partial charge in [0.1, 0.15) is 17.2 Å². The van der Waals surface area contributed by atoms with Crippen LogP contribution in [0.3, 0.4) is 0 Å². The second-order valence-corrected chi connectivity index (χ2v) is 11.7. The topological polar surface area (TPSA) is 80.8 Å². The molecule has 2 heterocycles. The number of benzene rings is 3. The van der Waals surface area contributed by atoms with Gasteiger partial charge in [0.25, 0.3) is 5.91 Å². The molecule has 0 aromatic heterocycles. The van der Waals surface area contributed by atoms with E-state index in [0.29, 0.717) is 18.0 Å². The number of anilines is 2. The summed E-state index contributed by atoms with van der Waals surface area (Å²) >= 11 is 1.51. The number of amides is 1. The van der Waals surface area contributed by atoms with Crippen molar-refractivity contribution in [3.8, 4) is 17.2 Å². The molecule has 1 fully saturated rings. The molecule has 10 heteroatoms. The average molecular weight is 606 g/mol. The number of fused-ring (bicyclic) bond motifs is 1. The number of carbonyl (C=O) groups is 2. The van der Waals surface area contributed by atoms with E-state index >= 15 is 0 Å². The second kappa shape index (κ2) is 14.1. The lowest BCUT2D eigenvalue weighted by Gasteiger charge is -2.37. The van der Waals surface area contributed by atoms with E-state index in [0.717, 1.165) is 66.7 Å². The van der Waals surface area contributed by atoms with Gasteiger partial charge in [-0.05, 0) is 61.0 Å². The molecule has 1 unspecified atom stereocenters. The van der Waals surface area contributed by atoms with Crippen molar-refractivity contribution in [3.63, 3.8) is 0 Å². The van der Waals surface area contributed by atoms with Gasteiger partial charge in [0.05, 0.1) is 38.0 Å². The van der Waals surface area contributed by atoms with Crippen LogP contribution in [0.1, 0.15) is 24.2 Å². The summed E-state index contributed by atoms with van der Waals surface area (Å²) in [6.45, 7) is 6.34. The first-order valence-electron chi connectivity index (χ1n) is 14.5. The summed E-state index contributed by atoms with van der Waals surface area (Å²) in [5, 5.41) is -0.443. The molecule has 0 saturated carbocycles. The van der Waals surface area contributed by atoms with E-state index in [9.17, 15) is 9.59 Å². The molecule has 0 N–H and O–H groups in total. The van der Waals surface area contributed by atoms with Gasteiger partial charge in [-0.1, -0.05) is 24.3 Å². The predicted molar refractivity (Wildman–Crippen MR) is 169 cm³/mol. The molecule has 1 amide bonds. The lowest BCUT2D eigenvalue weighted by atomic mass is 10.1. The zero-order valence-electron chi connectivity index (χ0n) is 25.2. The van der Waals surface area contributed by atoms with Crippen LogP contribution in [0.5, 0.6) is 17.2 Å². The predicted octanol–water partition coefficient (Wildman–Crippen LogP) is 5.04. The summed E-state index contributed by atoms with van der Waals surface area (Å²) in [4.78, 5) is 33.9. The molecule has 228 valence electrons. The Hall–Kier alpha value is -3.89. The molecule has 3 aromatic rings. The first-order chi connectivity index (χ1) is 20.9. The number of thioether (sulfide) groups is 1. The van der Waals surface area contributed by atoms with Crippen molar-refractivity contribution in [1.82, 2.24) is 4.90 Å². The highest BCUT2D eigenvalue weighted by Gasteiger charge is 2.41. The van der Waals surface area contributed by atoms with Crippen molar-refractivity contribution in [2.24, 2.45) is 0 Å². The van der Waals surface area contributed by atoms with Crippen molar-refractivity contribution in [2.75, 3.05) is 70.4 Å². The first kappa shape index (κ1) is 30.6. The summed E-state index contributed by atoms with van der Waals surface area (Å²) in [7, 11) is 4.95. The Morgan fingerprint density at radius 3 is 2.21 bits per heavy atom. The minimum atomic E-state index is -0.987. The number of rotatable bonds is 10. The number of hydrogen-bond acceptors (Lipinski definition) is 9. The minimum absolute atomic E-state index is 0.228. The van der Waals surface area contributed by atoms with Gasteiger partial charge in [0.15, 0.2) is 6.10 Å². The lowest BCUT2D eigenvalue weighted by Crippen LogP contribution is -2.48. The van der Waals surface area contributed by atoms with Gasteiger partial charge in [-0.2, -0.15) is 0 Å². The molecule has 0 radical (unpaired) electrons. The van der Waals surface area contributed by atoms with Crippen LogP contribution in [0.4, 0.5) is 11.4 Å². The molecule has 3 aromatic carbocycles. The third kappa shape index (κ3) is 7.02. The van der Waals surface area contributed by atoms with E-state index in [4.69, 9.17) is 18.9 Å². The van der Waals surface area contributed by atoms with Gasteiger partial charge in [0.2, 0.25) is 0 Å². The molecule has 2 aliphatic heterocycles. The normalized spacial score (nSPS) is 18.9. The molecule has 0 bridgehead atoms. The van der Waals surface area contributed by atoms with Crippen LogP contribution in [0.2, 0.25) is 0 Å². The van der Waals surface area contributed by atoms with Crippen molar-refractivity contribution < 1.29 is 28.5 Å². The summed E-state index contributed by atoms with van der Waals surface area (Å²) in [5.41, 5.74) is 2.78. The number of piperazine rings is 1. The fraction of sp³-hybridized carbons (Fsp3) is 0.394. The zero-order valence-corrected chi connectivity index (χ0v) is 26.0. The largest absolute Gasteiger partial charge is 0.497 e. The average Bonchev–Trinajstić information content (AvgIpc) is 3.15. The number of carbonyl (C=O) groups excluding carboxylic acids is 2. The molecule has 2 aliphatic rings. The van der Waals surface area contributed by atoms with E-state index in [1.165, 1.54) is 18.7 Å². The summed E-state index contributed by atoms with van der Waals surface area (Å²) in [6.07, 6.45) is -0.213. The van der Waals surface area contributed by atoms with Gasteiger partial charge in [0, 0.05) is 44.5 Å². The number of ether oxygens (including phenoxy) is 4. The third-order valence-electron chi connectivity index (χ3n) is 7.89. The Kier molecular flexibility index (Phi) is 9.99. The number of esters is 1. The van der Waals surface area contributed by atoms with Crippen molar-refractivity contribution >= 4 is 35.0 Å². The monoisotopic (exact) mass is 605 g/mol. The van der Waals surface area contributed by atoms with Crippen LogP contribution in [-0.4, -0.2) is 83.5 Å². The highest BCUT2D eigenvalue weighted by atomic mass is 32.2. The third-order valence-corrected chi connectivity index (χ3v) is 9.24. The smallest absolute Gasteiger partial charge is 0.303 e. The summed E-state index contributed by atoms with van der Waals surface area (Å²) in [5.74, 6) is 1.58. The number of hydrogen-bond donors (Lipinski definition) is 0. The SMILES string of the molecule is COc1ccc([C@@H]2Sc3cc(OC)ccc3N(CCCN3CCN(c4ccccc4OC)CC3)C(=O)C2OC(C)=O)cc1. The van der Waals surface area contributed by atoms with Gasteiger partial charge in [-0.25, -0.2) is 0 Å². The van der Waals surface area contributed by atoms with Crippen LogP contribution in [0.15, 0.2) is 71.6 Å². The fourth-order valence-corrected chi connectivity index (χ4v) is 7.00. The minimum Gasteiger partial charge on any atom is -0.497 e. The van der Waals surface area contributed by atoms with Crippen molar-refractivity contribution in [3.05, 3.63) is 72.3 Å². The van der Waals surface area contributed by atoms with Crippen molar-refractivity contribution in [1.29, 1.82) is 0 Å². The van der Waals surface area contributed by atoms with Crippen LogP contribution >= 0.6 is 11.8 Å². The van der Waals surface area contributed by atoms with Crippen molar-refractivity contribution in [2.45, 2.75) is 29.6 Å². The Morgan fingerprint density at radius 1 is 0.837 bits per heavy atom. The molecular formula is C33H39N3O6S. The first-order valence-corrected chi connectivity index (χ1v) is 15.4. The van der Waals surface area contributed by atoms with Crippen LogP contribution in [0.25, 0.3) is 0 Å². The maximum atomic E-state index is 14.2. The standard InChI is InChI=1S/C33H39N3O6S/c1-23(37)42-31-32(24-10-12-25(39-2)13-11-24)43-30-22-26(40-3)14-15-28(30)36(33(31)38)17-7-16-34-18-20-35(21-19-34)27-8-5-6-9-29(27)41-4/h5-6,8-15,22,31-32H,7,16-21H2,1-4H3/t31?,32-/m0/s1. The quantitative estimate of drug-likeness (QED) is 0.296. The highest BCUT2D eigenvalue weighted by molar-refractivity contribution is 7.99. The van der Waals surface area contributed by atoms with Gasteiger partial charge >= 0.3 is 5.97 Å². The molecular weight excluding hydrogens is 566 g/mol. The Balaban J connectivity index is 1.33. The molecule has 9 nitrogen and oxygen atoms in total. The molecule has 0 aliphatic carbocycles. The number of methoxy groups -OCH3 is 3. The highest BCUT2D eigenvalue weighted by Crippen LogP contribution is 2.48. The lowest BCUT2D eigenvalue weighted by molar-refractivity contribution is -0.152. The Morgan fingerprint density at radius 2 is 1.53 bits per heavy atom. The van der Waals surface area contributed by atoms with E-state index in [2.05, 4.69) is 15.9 Å². The molecule has 43 heavy (non-hydrogen) atoms. The van der Waals surface area contributed by atoms with Gasteiger partial charge < -0.3 is 28.7 Å². The summed E-state index contributed by atoms with van der Waals surface area (Å²) < 4.78 is 22.2. The molecule has 0 spiro atoms. The van der Waals surface area contributed by atoms with Gasteiger partial charge in [-0.3, -0.25) is 14.5 Å². The van der Waals surface area contributed by atoms with Gasteiger partial charge in [-0.15, -0.1) is 11.8 Å². The molecule has 2 atom stereocenters. The van der Waals surface area contributed by atoms with Crippen LogP contribution in [0, 0.1) is 0 Å². The number of para-hydroxylation sites is 2. The Labute approximate surface area is 257 Å². The molecule has 5 rings (SSSR count). The van der Waals surface area contributed by atoms with Crippen LogP contribution in [-0.2, 0) is 14.3 Å². The van der Waals surface area contributed by atoms with E-state index in [-0.39, 0.29) is 5.91 Å². The second-order valence-electron chi connectivity index (χ2n) is 10.5. The van der Waals surface area contributed by atoms with E-state index in [1.54, 1.807) is 26.2 Å². The van der Waals surface area contributed by atoms with E-state index in [1.807, 2.05) is 60.7 Å². The maximum absolute atomic E-state index is 14.2. The van der Waals surface area contributed by atoms with Crippen LogP contribution < -0.4 is 24.0 Å². The van der Waals surface area contributed by atoms with E-state index < -0.39 is 17.3 Å². The summed E-state index contributed by atoms with van der Waals surface area (Å²) in [6, 6.07) is 21.4. The fourth-order valence-electron chi connectivity index (χ4n) is 5.65. The molecule has 1 saturated heterocycles. The Bertz CT molecular complexity index is 1410.